The minimum Gasteiger partial charge on any atom is -0.493 e. The summed E-state index contributed by atoms with van der Waals surface area (Å²) in [7, 11) is -0.631. The molecule has 1 aromatic carbocycles. The lowest BCUT2D eigenvalue weighted by atomic mass is 9.56. The lowest BCUT2D eigenvalue weighted by Gasteiger charge is -2.56. The highest BCUT2D eigenvalue weighted by Gasteiger charge is 2.56. The normalized spacial score (nSPS) is 27.9. The van der Waals surface area contributed by atoms with Crippen LogP contribution in [0.2, 0.25) is 5.02 Å². The fraction of sp³-hybridized carbons (Fsp3) is 0.632. The van der Waals surface area contributed by atoms with Gasteiger partial charge in [-0.3, -0.25) is 0 Å². The summed E-state index contributed by atoms with van der Waals surface area (Å²) in [5, 5.41) is 3.36. The fourth-order valence-electron chi connectivity index (χ4n) is 4.31. The smallest absolute Gasteiger partial charge is 0.493 e. The standard InChI is InChI=1S/C19H26ClFNO7P/c1-22-19-6-4-18(5-7-19,12-27-13-2-3-14(20)15(21)10-13)11-16(19)29-17(23)26-8-9-28-30(24)25/h2-3,10,16,22,24-25H,4-9,11-12H2,1H3. The van der Waals surface area contributed by atoms with Gasteiger partial charge in [0, 0.05) is 11.5 Å². The Balaban J connectivity index is 1.58. The molecule has 3 saturated carbocycles. The molecule has 4 rings (SSSR count). The van der Waals surface area contributed by atoms with Gasteiger partial charge in [0.15, 0.2) is 0 Å². The number of carbonyl (C=O) groups is 1. The van der Waals surface area contributed by atoms with Crippen LogP contribution in [0.15, 0.2) is 18.2 Å². The molecule has 30 heavy (non-hydrogen) atoms. The molecule has 3 aliphatic rings. The average molecular weight is 466 g/mol. The number of nitrogens with one attached hydrogen (secondary N) is 1. The Labute approximate surface area is 180 Å². The van der Waals surface area contributed by atoms with Gasteiger partial charge in [-0.05, 0) is 51.3 Å². The number of rotatable bonds is 9. The zero-order valence-corrected chi connectivity index (χ0v) is 18.3. The van der Waals surface area contributed by atoms with Crippen LogP contribution in [0.1, 0.15) is 32.1 Å². The number of halogens is 2. The van der Waals surface area contributed by atoms with Gasteiger partial charge in [0.05, 0.1) is 23.8 Å². The Hall–Kier alpha value is -1.22. The second-order valence-electron chi connectivity index (χ2n) is 7.77. The summed E-state index contributed by atoms with van der Waals surface area (Å²) in [4.78, 5) is 29.5. The predicted octanol–water partition coefficient (Wildman–Crippen LogP) is 3.53. The summed E-state index contributed by atoms with van der Waals surface area (Å²) in [6, 6.07) is 4.35. The Bertz CT molecular complexity index is 746. The lowest BCUT2D eigenvalue weighted by molar-refractivity contribution is -0.113. The molecule has 0 aromatic heterocycles. The van der Waals surface area contributed by atoms with E-state index in [2.05, 4.69) is 9.84 Å². The number of hydrogen-bond donors (Lipinski definition) is 3. The van der Waals surface area contributed by atoms with Crippen molar-refractivity contribution in [3.8, 4) is 5.75 Å². The molecule has 1 atom stereocenters. The molecule has 0 spiro atoms. The number of benzene rings is 1. The first-order valence-electron chi connectivity index (χ1n) is 9.69. The molecule has 1 unspecified atom stereocenters. The summed E-state index contributed by atoms with van der Waals surface area (Å²) in [5.41, 5.74) is -0.513. The van der Waals surface area contributed by atoms with Gasteiger partial charge in [-0.1, -0.05) is 11.6 Å². The number of fused-ring (bicyclic) bond motifs is 3. The molecule has 168 valence electrons. The number of carbonyl (C=O) groups excluding carboxylic acids is 1. The molecule has 2 bridgehead atoms. The maximum Gasteiger partial charge on any atom is 0.508 e. The number of likely N-dealkylation sites (N-methyl/N-ethyl adjacent to an activating group) is 1. The van der Waals surface area contributed by atoms with Gasteiger partial charge in [-0.2, -0.15) is 0 Å². The molecule has 0 heterocycles. The van der Waals surface area contributed by atoms with Crippen LogP contribution in [-0.2, 0) is 14.0 Å². The van der Waals surface area contributed by atoms with E-state index in [1.165, 1.54) is 12.1 Å². The van der Waals surface area contributed by atoms with E-state index in [4.69, 9.17) is 35.6 Å². The fourth-order valence-corrected chi connectivity index (χ4v) is 4.66. The molecular weight excluding hydrogens is 440 g/mol. The van der Waals surface area contributed by atoms with Gasteiger partial charge in [0.2, 0.25) is 0 Å². The molecule has 0 aliphatic heterocycles. The van der Waals surface area contributed by atoms with Crippen molar-refractivity contribution < 1.29 is 37.7 Å². The first kappa shape index (κ1) is 23.4. The molecule has 8 nitrogen and oxygen atoms in total. The second-order valence-corrected chi connectivity index (χ2v) is 8.94. The van der Waals surface area contributed by atoms with Crippen molar-refractivity contribution in [2.24, 2.45) is 5.41 Å². The predicted molar refractivity (Wildman–Crippen MR) is 108 cm³/mol. The lowest BCUT2D eigenvalue weighted by Crippen LogP contribution is -2.64. The highest BCUT2D eigenvalue weighted by atomic mass is 35.5. The zero-order valence-electron chi connectivity index (χ0n) is 16.6. The van der Waals surface area contributed by atoms with Crippen molar-refractivity contribution in [2.75, 3.05) is 26.9 Å². The van der Waals surface area contributed by atoms with E-state index in [0.29, 0.717) is 18.8 Å². The molecule has 3 N–H and O–H groups in total. The Morgan fingerprint density at radius 3 is 2.67 bits per heavy atom. The van der Waals surface area contributed by atoms with Gasteiger partial charge in [-0.15, -0.1) is 0 Å². The molecule has 11 heteroatoms. The van der Waals surface area contributed by atoms with E-state index in [9.17, 15) is 9.18 Å². The molecule has 0 amide bonds. The highest BCUT2D eigenvalue weighted by Crippen LogP contribution is 2.53. The SMILES string of the molecule is CNC12CCC(COc3ccc(Cl)c(F)c3)(CC1)CC2OC(=O)OCCOP(O)O. The molecule has 3 fully saturated rings. The van der Waals surface area contributed by atoms with E-state index in [1.807, 2.05) is 7.05 Å². The van der Waals surface area contributed by atoms with Crippen LogP contribution in [0.5, 0.6) is 5.75 Å². The minimum absolute atomic E-state index is 0.0432. The monoisotopic (exact) mass is 465 g/mol. The summed E-state index contributed by atoms with van der Waals surface area (Å²) in [5.74, 6) is -0.122. The van der Waals surface area contributed by atoms with E-state index in [-0.39, 0.29) is 29.2 Å². The van der Waals surface area contributed by atoms with Gasteiger partial charge >= 0.3 is 14.8 Å². The summed E-state index contributed by atoms with van der Waals surface area (Å²) in [6.45, 7) is 0.104. The van der Waals surface area contributed by atoms with Crippen molar-refractivity contribution in [3.63, 3.8) is 0 Å². The third-order valence-electron chi connectivity index (χ3n) is 6.12. The van der Waals surface area contributed by atoms with Crippen LogP contribution >= 0.6 is 20.2 Å². The highest BCUT2D eigenvalue weighted by molar-refractivity contribution is 7.39. The van der Waals surface area contributed by atoms with Crippen LogP contribution in [-0.4, -0.2) is 54.5 Å². The first-order chi connectivity index (χ1) is 14.3. The summed E-state index contributed by atoms with van der Waals surface area (Å²) in [6.07, 6.45) is 2.75. The third kappa shape index (κ3) is 5.52. The molecule has 0 saturated heterocycles. The summed E-state index contributed by atoms with van der Waals surface area (Å²) < 4.78 is 34.7. The topological polar surface area (TPSA) is 106 Å². The second kappa shape index (κ2) is 9.94. The van der Waals surface area contributed by atoms with Crippen LogP contribution in [0.4, 0.5) is 9.18 Å². The van der Waals surface area contributed by atoms with Gasteiger partial charge < -0.3 is 33.8 Å². The first-order valence-corrected chi connectivity index (χ1v) is 11.2. The molecule has 3 aliphatic carbocycles. The van der Waals surface area contributed by atoms with E-state index < -0.39 is 26.7 Å². The Morgan fingerprint density at radius 2 is 2.03 bits per heavy atom. The van der Waals surface area contributed by atoms with Crippen LogP contribution in [0.3, 0.4) is 0 Å². The number of hydrogen-bond acceptors (Lipinski definition) is 8. The van der Waals surface area contributed by atoms with Gasteiger partial charge in [0.1, 0.15) is 24.3 Å². The molecular formula is C19H26ClFNO7P. The largest absolute Gasteiger partial charge is 0.508 e. The summed E-state index contributed by atoms with van der Waals surface area (Å²) >= 11 is 5.72. The van der Waals surface area contributed by atoms with Crippen molar-refractivity contribution in [2.45, 2.75) is 43.7 Å². The van der Waals surface area contributed by atoms with Crippen LogP contribution < -0.4 is 10.1 Å². The average Bonchev–Trinajstić information content (AvgIpc) is 2.73. The van der Waals surface area contributed by atoms with Crippen molar-refractivity contribution in [1.82, 2.24) is 5.32 Å². The van der Waals surface area contributed by atoms with E-state index >= 15 is 0 Å². The van der Waals surface area contributed by atoms with Crippen LogP contribution in [0.25, 0.3) is 0 Å². The van der Waals surface area contributed by atoms with Gasteiger partial charge in [-0.25, -0.2) is 9.18 Å². The maximum atomic E-state index is 13.7. The van der Waals surface area contributed by atoms with E-state index in [1.54, 1.807) is 6.07 Å². The quantitative estimate of drug-likeness (QED) is 0.289. The van der Waals surface area contributed by atoms with E-state index in [0.717, 1.165) is 25.7 Å². The van der Waals surface area contributed by atoms with Crippen molar-refractivity contribution in [3.05, 3.63) is 29.0 Å². The van der Waals surface area contributed by atoms with Crippen molar-refractivity contribution in [1.29, 1.82) is 0 Å². The minimum atomic E-state index is -2.48. The Kier molecular flexibility index (Phi) is 7.76. The molecule has 1 aromatic rings. The zero-order chi connectivity index (χ0) is 21.8. The Morgan fingerprint density at radius 1 is 1.30 bits per heavy atom. The van der Waals surface area contributed by atoms with Crippen molar-refractivity contribution >= 4 is 26.4 Å². The third-order valence-corrected chi connectivity index (χ3v) is 6.84. The molecule has 0 radical (unpaired) electrons. The number of ether oxygens (including phenoxy) is 3. The van der Waals surface area contributed by atoms with Gasteiger partial charge in [0.25, 0.3) is 0 Å². The van der Waals surface area contributed by atoms with Crippen LogP contribution in [0, 0.1) is 11.2 Å². The maximum absolute atomic E-state index is 13.7.